The highest BCUT2D eigenvalue weighted by Gasteiger charge is 2.33. The highest BCUT2D eigenvalue weighted by molar-refractivity contribution is 4.85. The van der Waals surface area contributed by atoms with Gasteiger partial charge in [-0.25, -0.2) is 0 Å². The Bertz CT molecular complexity index is 140. The average Bonchev–Trinajstić information content (AvgIpc) is 2.40. The van der Waals surface area contributed by atoms with Crippen LogP contribution in [0.25, 0.3) is 0 Å². The second kappa shape index (κ2) is 4.99. The van der Waals surface area contributed by atoms with E-state index in [9.17, 15) is 0 Å². The highest BCUT2D eigenvalue weighted by Crippen LogP contribution is 2.41. The normalized spacial score (nSPS) is 26.5. The summed E-state index contributed by atoms with van der Waals surface area (Å²) >= 11 is 0. The van der Waals surface area contributed by atoms with Crippen molar-refractivity contribution >= 4 is 0 Å². The van der Waals surface area contributed by atoms with Crippen LogP contribution in [0.2, 0.25) is 0 Å². The highest BCUT2D eigenvalue weighted by atomic mass is 14.9. The van der Waals surface area contributed by atoms with Gasteiger partial charge in [-0.1, -0.05) is 33.6 Å². The Morgan fingerprint density at radius 1 is 1.38 bits per heavy atom. The second-order valence-electron chi connectivity index (χ2n) is 5.14. The van der Waals surface area contributed by atoms with Crippen molar-refractivity contribution in [3.05, 3.63) is 0 Å². The van der Waals surface area contributed by atoms with Crippen molar-refractivity contribution in [2.75, 3.05) is 13.1 Å². The molecular formula is C12H25N. The van der Waals surface area contributed by atoms with Crippen molar-refractivity contribution in [3.63, 3.8) is 0 Å². The number of hydrogen-bond acceptors (Lipinski definition) is 1. The largest absolute Gasteiger partial charge is 0.316 e. The van der Waals surface area contributed by atoms with E-state index >= 15 is 0 Å². The third-order valence-electron chi connectivity index (χ3n) is 3.58. The third kappa shape index (κ3) is 3.30. The maximum atomic E-state index is 3.58. The van der Waals surface area contributed by atoms with Gasteiger partial charge in [0.05, 0.1) is 0 Å². The summed E-state index contributed by atoms with van der Waals surface area (Å²) in [5.41, 5.74) is 0.596. The summed E-state index contributed by atoms with van der Waals surface area (Å²) in [5, 5.41) is 3.58. The number of nitrogens with one attached hydrogen (secondary N) is 1. The van der Waals surface area contributed by atoms with E-state index in [4.69, 9.17) is 0 Å². The van der Waals surface area contributed by atoms with E-state index in [1.54, 1.807) is 0 Å². The molecule has 1 aliphatic rings. The molecule has 0 saturated heterocycles. The molecule has 0 heterocycles. The first-order valence-electron chi connectivity index (χ1n) is 5.87. The van der Waals surface area contributed by atoms with Crippen LogP contribution in [-0.2, 0) is 0 Å². The smallest absolute Gasteiger partial charge is 0.00154 e. The van der Waals surface area contributed by atoms with Crippen LogP contribution in [-0.4, -0.2) is 13.1 Å². The fourth-order valence-corrected chi connectivity index (χ4v) is 2.36. The standard InChI is InChI=1S/C12H25N/c1-4-5-9-13-10-11-7-6-8-12(11,2)3/h11,13H,4-10H2,1-3H3. The Hall–Kier alpha value is -0.0400. The van der Waals surface area contributed by atoms with Crippen LogP contribution in [0.1, 0.15) is 52.9 Å². The molecule has 0 aromatic rings. The third-order valence-corrected chi connectivity index (χ3v) is 3.58. The van der Waals surface area contributed by atoms with Gasteiger partial charge in [0, 0.05) is 0 Å². The summed E-state index contributed by atoms with van der Waals surface area (Å²) in [6.07, 6.45) is 6.93. The predicted octanol–water partition coefficient (Wildman–Crippen LogP) is 3.20. The zero-order valence-corrected chi connectivity index (χ0v) is 9.53. The molecule has 0 radical (unpaired) electrons. The summed E-state index contributed by atoms with van der Waals surface area (Å²) in [6, 6.07) is 0. The first-order chi connectivity index (χ1) is 6.17. The van der Waals surface area contributed by atoms with Crippen molar-refractivity contribution in [3.8, 4) is 0 Å². The van der Waals surface area contributed by atoms with Gasteiger partial charge in [-0.2, -0.15) is 0 Å². The van der Waals surface area contributed by atoms with Crippen molar-refractivity contribution in [1.29, 1.82) is 0 Å². The van der Waals surface area contributed by atoms with Gasteiger partial charge in [0.25, 0.3) is 0 Å². The summed E-state index contributed by atoms with van der Waals surface area (Å²) in [4.78, 5) is 0. The lowest BCUT2D eigenvalue weighted by Gasteiger charge is -2.27. The first kappa shape index (κ1) is 11.0. The number of hydrogen-bond donors (Lipinski definition) is 1. The fourth-order valence-electron chi connectivity index (χ4n) is 2.36. The SMILES string of the molecule is CCCCNCC1CCCC1(C)C. The average molecular weight is 183 g/mol. The van der Waals surface area contributed by atoms with E-state index in [2.05, 4.69) is 26.1 Å². The molecule has 1 atom stereocenters. The maximum absolute atomic E-state index is 3.58. The molecule has 0 spiro atoms. The molecule has 1 unspecified atom stereocenters. The van der Waals surface area contributed by atoms with Crippen molar-refractivity contribution < 1.29 is 0 Å². The van der Waals surface area contributed by atoms with Crippen LogP contribution >= 0.6 is 0 Å². The molecular weight excluding hydrogens is 158 g/mol. The predicted molar refractivity (Wildman–Crippen MR) is 58.9 cm³/mol. The number of rotatable bonds is 5. The van der Waals surface area contributed by atoms with Crippen LogP contribution in [0, 0.1) is 11.3 Å². The minimum absolute atomic E-state index is 0.596. The molecule has 0 aromatic heterocycles. The summed E-state index contributed by atoms with van der Waals surface area (Å²) in [7, 11) is 0. The van der Waals surface area contributed by atoms with Gasteiger partial charge >= 0.3 is 0 Å². The quantitative estimate of drug-likeness (QED) is 0.645. The zero-order valence-electron chi connectivity index (χ0n) is 9.53. The van der Waals surface area contributed by atoms with E-state index < -0.39 is 0 Å². The fraction of sp³-hybridized carbons (Fsp3) is 1.00. The summed E-state index contributed by atoms with van der Waals surface area (Å²) in [5.74, 6) is 0.921. The zero-order chi connectivity index (χ0) is 9.73. The van der Waals surface area contributed by atoms with Gasteiger partial charge in [0.1, 0.15) is 0 Å². The lowest BCUT2D eigenvalue weighted by molar-refractivity contribution is 0.251. The molecule has 1 fully saturated rings. The Morgan fingerprint density at radius 3 is 2.69 bits per heavy atom. The van der Waals surface area contributed by atoms with Crippen LogP contribution in [0.4, 0.5) is 0 Å². The Labute approximate surface area is 83.3 Å². The van der Waals surface area contributed by atoms with Gasteiger partial charge in [-0.05, 0) is 43.7 Å². The van der Waals surface area contributed by atoms with Crippen LogP contribution in [0.5, 0.6) is 0 Å². The van der Waals surface area contributed by atoms with Crippen LogP contribution in [0.3, 0.4) is 0 Å². The van der Waals surface area contributed by atoms with Gasteiger partial charge in [-0.15, -0.1) is 0 Å². The van der Waals surface area contributed by atoms with Crippen molar-refractivity contribution in [1.82, 2.24) is 5.32 Å². The van der Waals surface area contributed by atoms with E-state index in [0.717, 1.165) is 5.92 Å². The molecule has 0 aliphatic heterocycles. The Morgan fingerprint density at radius 2 is 2.15 bits per heavy atom. The minimum Gasteiger partial charge on any atom is -0.316 e. The van der Waals surface area contributed by atoms with E-state index in [0.29, 0.717) is 5.41 Å². The lowest BCUT2D eigenvalue weighted by Crippen LogP contribution is -2.30. The van der Waals surface area contributed by atoms with Gasteiger partial charge in [0.15, 0.2) is 0 Å². The van der Waals surface area contributed by atoms with Crippen LogP contribution < -0.4 is 5.32 Å². The summed E-state index contributed by atoms with van der Waals surface area (Å²) in [6.45, 7) is 9.55. The molecule has 0 amide bonds. The Kier molecular flexibility index (Phi) is 4.24. The topological polar surface area (TPSA) is 12.0 Å². The maximum Gasteiger partial charge on any atom is -0.00154 e. The first-order valence-corrected chi connectivity index (χ1v) is 5.87. The van der Waals surface area contributed by atoms with Gasteiger partial charge in [-0.3, -0.25) is 0 Å². The van der Waals surface area contributed by atoms with Crippen LogP contribution in [0.15, 0.2) is 0 Å². The second-order valence-corrected chi connectivity index (χ2v) is 5.14. The van der Waals surface area contributed by atoms with E-state index in [-0.39, 0.29) is 0 Å². The van der Waals surface area contributed by atoms with Crippen molar-refractivity contribution in [2.45, 2.75) is 52.9 Å². The lowest BCUT2D eigenvalue weighted by atomic mass is 9.82. The monoisotopic (exact) mass is 183 g/mol. The Balaban J connectivity index is 2.14. The molecule has 1 saturated carbocycles. The number of unbranched alkanes of at least 4 members (excludes halogenated alkanes) is 1. The molecule has 1 aliphatic carbocycles. The van der Waals surface area contributed by atoms with E-state index in [1.807, 2.05) is 0 Å². The molecule has 78 valence electrons. The van der Waals surface area contributed by atoms with E-state index in [1.165, 1.54) is 45.2 Å². The van der Waals surface area contributed by atoms with Crippen molar-refractivity contribution in [2.24, 2.45) is 11.3 Å². The molecule has 1 rings (SSSR count). The van der Waals surface area contributed by atoms with Gasteiger partial charge in [0.2, 0.25) is 0 Å². The molecule has 1 N–H and O–H groups in total. The molecule has 1 heteroatoms. The molecule has 0 aromatic carbocycles. The van der Waals surface area contributed by atoms with Gasteiger partial charge < -0.3 is 5.32 Å². The summed E-state index contributed by atoms with van der Waals surface area (Å²) < 4.78 is 0. The molecule has 13 heavy (non-hydrogen) atoms. The minimum atomic E-state index is 0.596. The molecule has 0 bridgehead atoms. The molecule has 1 nitrogen and oxygen atoms in total.